The Balaban J connectivity index is 2.15. The highest BCUT2D eigenvalue weighted by Crippen LogP contribution is 2.15. The van der Waals surface area contributed by atoms with Gasteiger partial charge < -0.3 is 15.1 Å². The van der Waals surface area contributed by atoms with Crippen molar-refractivity contribution in [2.24, 2.45) is 0 Å². The minimum absolute atomic E-state index is 0.0275. The van der Waals surface area contributed by atoms with Gasteiger partial charge in [0.25, 0.3) is 11.8 Å². The van der Waals surface area contributed by atoms with Crippen molar-refractivity contribution < 1.29 is 9.59 Å². The van der Waals surface area contributed by atoms with E-state index in [2.05, 4.69) is 19.2 Å². The first kappa shape index (κ1) is 15.5. The third-order valence-electron chi connectivity index (χ3n) is 4.08. The Bertz CT molecular complexity index is 525. The molecule has 1 N–H and O–H groups in total. The van der Waals surface area contributed by atoms with Gasteiger partial charge >= 0.3 is 0 Å². The molecule has 2 amide bonds. The van der Waals surface area contributed by atoms with Gasteiger partial charge in [0.15, 0.2) is 0 Å². The van der Waals surface area contributed by atoms with Gasteiger partial charge in [-0.25, -0.2) is 0 Å². The number of carbonyl (C=O) groups is 2. The van der Waals surface area contributed by atoms with Crippen LogP contribution in [0.2, 0.25) is 0 Å². The lowest BCUT2D eigenvalue weighted by atomic mass is 10.0. The SMILES string of the molecule is CC1NCCN(C(=O)c2ccc(C(=O)N(C)C)cc2)C1C. The molecule has 0 radical (unpaired) electrons. The van der Waals surface area contributed by atoms with E-state index in [1.54, 1.807) is 38.4 Å². The number of piperazine rings is 1. The van der Waals surface area contributed by atoms with E-state index in [-0.39, 0.29) is 23.9 Å². The van der Waals surface area contributed by atoms with Crippen LogP contribution in [0.1, 0.15) is 34.6 Å². The van der Waals surface area contributed by atoms with Gasteiger partial charge in [0.05, 0.1) is 0 Å². The van der Waals surface area contributed by atoms with Gasteiger partial charge in [0, 0.05) is 50.4 Å². The molecule has 5 nitrogen and oxygen atoms in total. The average molecular weight is 289 g/mol. The predicted molar refractivity (Wildman–Crippen MR) is 82.4 cm³/mol. The molecule has 21 heavy (non-hydrogen) atoms. The zero-order valence-electron chi connectivity index (χ0n) is 13.1. The Morgan fingerprint density at radius 1 is 1.14 bits per heavy atom. The summed E-state index contributed by atoms with van der Waals surface area (Å²) in [6.07, 6.45) is 0. The molecule has 1 aromatic rings. The molecule has 2 unspecified atom stereocenters. The Morgan fingerprint density at radius 2 is 1.71 bits per heavy atom. The molecular formula is C16H23N3O2. The first-order chi connectivity index (χ1) is 9.91. The largest absolute Gasteiger partial charge is 0.345 e. The van der Waals surface area contributed by atoms with Crippen molar-refractivity contribution in [3.8, 4) is 0 Å². The highest BCUT2D eigenvalue weighted by atomic mass is 16.2. The van der Waals surface area contributed by atoms with Crippen LogP contribution in [-0.4, -0.2) is 60.9 Å². The summed E-state index contributed by atoms with van der Waals surface area (Å²) in [4.78, 5) is 27.8. The fourth-order valence-corrected chi connectivity index (χ4v) is 2.52. The number of nitrogens with one attached hydrogen (secondary N) is 1. The maximum atomic E-state index is 12.6. The molecule has 0 saturated carbocycles. The zero-order valence-corrected chi connectivity index (χ0v) is 13.1. The van der Waals surface area contributed by atoms with E-state index in [4.69, 9.17) is 0 Å². The van der Waals surface area contributed by atoms with Crippen LogP contribution in [0, 0.1) is 0 Å². The summed E-state index contributed by atoms with van der Waals surface area (Å²) in [5.41, 5.74) is 1.23. The lowest BCUT2D eigenvalue weighted by Gasteiger charge is -2.38. The van der Waals surface area contributed by atoms with E-state index >= 15 is 0 Å². The molecule has 1 fully saturated rings. The van der Waals surface area contributed by atoms with Gasteiger partial charge in [0.2, 0.25) is 0 Å². The summed E-state index contributed by atoms with van der Waals surface area (Å²) in [6, 6.07) is 7.35. The number of nitrogens with zero attached hydrogens (tertiary/aromatic N) is 2. The fraction of sp³-hybridized carbons (Fsp3) is 0.500. The standard InChI is InChI=1S/C16H23N3O2/c1-11-12(2)19(10-9-17-11)16(21)14-7-5-13(6-8-14)15(20)18(3)4/h5-8,11-12,17H,9-10H2,1-4H3. The first-order valence-corrected chi connectivity index (χ1v) is 7.28. The summed E-state index contributed by atoms with van der Waals surface area (Å²) in [5, 5.41) is 3.36. The van der Waals surface area contributed by atoms with Crippen LogP contribution < -0.4 is 5.32 Å². The Morgan fingerprint density at radius 3 is 2.29 bits per heavy atom. The molecular weight excluding hydrogens is 266 g/mol. The van der Waals surface area contributed by atoms with Gasteiger partial charge in [-0.3, -0.25) is 9.59 Å². The molecule has 1 saturated heterocycles. The van der Waals surface area contributed by atoms with Crippen molar-refractivity contribution in [1.29, 1.82) is 0 Å². The van der Waals surface area contributed by atoms with Crippen molar-refractivity contribution in [3.63, 3.8) is 0 Å². The van der Waals surface area contributed by atoms with Crippen molar-refractivity contribution in [2.45, 2.75) is 25.9 Å². The van der Waals surface area contributed by atoms with Gasteiger partial charge in [-0.05, 0) is 38.1 Å². The van der Waals surface area contributed by atoms with Crippen LogP contribution >= 0.6 is 0 Å². The predicted octanol–water partition coefficient (Wildman–Crippen LogP) is 1.21. The summed E-state index contributed by atoms with van der Waals surface area (Å²) in [6.45, 7) is 5.67. The third-order valence-corrected chi connectivity index (χ3v) is 4.08. The molecule has 2 atom stereocenters. The van der Waals surface area contributed by atoms with E-state index in [9.17, 15) is 9.59 Å². The molecule has 0 bridgehead atoms. The molecule has 1 heterocycles. The monoisotopic (exact) mass is 289 g/mol. The normalized spacial score (nSPS) is 22.0. The zero-order chi connectivity index (χ0) is 15.6. The summed E-state index contributed by atoms with van der Waals surface area (Å²) >= 11 is 0. The van der Waals surface area contributed by atoms with E-state index in [1.807, 2.05) is 4.90 Å². The lowest BCUT2D eigenvalue weighted by Crippen LogP contribution is -2.57. The molecule has 114 valence electrons. The van der Waals surface area contributed by atoms with E-state index in [1.165, 1.54) is 4.90 Å². The van der Waals surface area contributed by atoms with Crippen molar-refractivity contribution in [2.75, 3.05) is 27.2 Å². The Kier molecular flexibility index (Phi) is 4.63. The maximum Gasteiger partial charge on any atom is 0.254 e. The van der Waals surface area contributed by atoms with Gasteiger partial charge in [-0.15, -0.1) is 0 Å². The van der Waals surface area contributed by atoms with Gasteiger partial charge in [0.1, 0.15) is 0 Å². The number of carbonyl (C=O) groups excluding carboxylic acids is 2. The molecule has 0 spiro atoms. The van der Waals surface area contributed by atoms with Gasteiger partial charge in [-0.1, -0.05) is 0 Å². The highest BCUT2D eigenvalue weighted by Gasteiger charge is 2.28. The molecule has 0 aromatic heterocycles. The topological polar surface area (TPSA) is 52.7 Å². The second-order valence-electron chi connectivity index (χ2n) is 5.76. The van der Waals surface area contributed by atoms with Crippen LogP contribution in [0.3, 0.4) is 0 Å². The first-order valence-electron chi connectivity index (χ1n) is 7.28. The Labute approximate surface area is 125 Å². The third kappa shape index (κ3) is 3.24. The van der Waals surface area contributed by atoms with Crippen LogP contribution in [0.15, 0.2) is 24.3 Å². The average Bonchev–Trinajstić information content (AvgIpc) is 2.48. The minimum Gasteiger partial charge on any atom is -0.345 e. The lowest BCUT2D eigenvalue weighted by molar-refractivity contribution is 0.0602. The quantitative estimate of drug-likeness (QED) is 0.890. The second kappa shape index (κ2) is 6.26. The number of rotatable bonds is 2. The number of hydrogen-bond acceptors (Lipinski definition) is 3. The molecule has 1 aliphatic rings. The van der Waals surface area contributed by atoms with Crippen molar-refractivity contribution >= 4 is 11.8 Å². The van der Waals surface area contributed by atoms with Crippen LogP contribution in [-0.2, 0) is 0 Å². The van der Waals surface area contributed by atoms with Crippen LogP contribution in [0.5, 0.6) is 0 Å². The molecule has 1 aromatic carbocycles. The van der Waals surface area contributed by atoms with Gasteiger partial charge in [-0.2, -0.15) is 0 Å². The maximum absolute atomic E-state index is 12.6. The molecule has 0 aliphatic carbocycles. The smallest absolute Gasteiger partial charge is 0.254 e. The van der Waals surface area contributed by atoms with Crippen LogP contribution in [0.25, 0.3) is 0 Å². The van der Waals surface area contributed by atoms with Crippen molar-refractivity contribution in [1.82, 2.24) is 15.1 Å². The summed E-state index contributed by atoms with van der Waals surface area (Å²) in [5.74, 6) is -0.0298. The van der Waals surface area contributed by atoms with E-state index in [0.29, 0.717) is 17.7 Å². The summed E-state index contributed by atoms with van der Waals surface area (Å²) in [7, 11) is 3.43. The highest BCUT2D eigenvalue weighted by molar-refractivity contribution is 5.97. The minimum atomic E-state index is -0.0573. The van der Waals surface area contributed by atoms with Crippen molar-refractivity contribution in [3.05, 3.63) is 35.4 Å². The summed E-state index contributed by atoms with van der Waals surface area (Å²) < 4.78 is 0. The Hall–Kier alpha value is -1.88. The fourth-order valence-electron chi connectivity index (χ4n) is 2.52. The van der Waals surface area contributed by atoms with E-state index in [0.717, 1.165) is 6.54 Å². The molecule has 5 heteroatoms. The number of benzene rings is 1. The van der Waals surface area contributed by atoms with E-state index < -0.39 is 0 Å². The van der Waals surface area contributed by atoms with Crippen LogP contribution in [0.4, 0.5) is 0 Å². The molecule has 2 rings (SSSR count). The number of hydrogen-bond donors (Lipinski definition) is 1. The molecule has 1 aliphatic heterocycles. The number of amides is 2. The second-order valence-corrected chi connectivity index (χ2v) is 5.76.